The molecule has 0 saturated carbocycles. The molecule has 7 heteroatoms. The normalized spacial score (nSPS) is 10.7. The van der Waals surface area contributed by atoms with E-state index in [1.54, 1.807) is 23.9 Å². The lowest BCUT2D eigenvalue weighted by molar-refractivity contribution is -0.0522. The van der Waals surface area contributed by atoms with Gasteiger partial charge in [-0.15, -0.1) is 11.8 Å². The van der Waals surface area contributed by atoms with Crippen LogP contribution in [-0.4, -0.2) is 12.9 Å². The monoisotopic (exact) mass is 315 g/mol. The van der Waals surface area contributed by atoms with E-state index >= 15 is 0 Å². The Kier molecular flexibility index (Phi) is 4.85. The maximum Gasteiger partial charge on any atom is 0.387 e. The van der Waals surface area contributed by atoms with E-state index in [4.69, 9.17) is 10.5 Å². The van der Waals surface area contributed by atoms with Gasteiger partial charge in [-0.25, -0.2) is 4.39 Å². The molecule has 0 bridgehead atoms. The first-order valence-electron chi connectivity index (χ1n) is 5.85. The second kappa shape index (κ2) is 6.62. The molecule has 0 heterocycles. The van der Waals surface area contributed by atoms with Crippen molar-refractivity contribution in [3.8, 4) is 17.2 Å². The fraction of sp³-hybridized carbons (Fsp3) is 0.143. The van der Waals surface area contributed by atoms with E-state index in [-0.39, 0.29) is 11.4 Å². The van der Waals surface area contributed by atoms with E-state index in [1.807, 2.05) is 18.4 Å². The molecule has 21 heavy (non-hydrogen) atoms. The lowest BCUT2D eigenvalue weighted by atomic mass is 10.2. The van der Waals surface area contributed by atoms with Crippen molar-refractivity contribution in [2.75, 3.05) is 12.0 Å². The van der Waals surface area contributed by atoms with E-state index in [0.717, 1.165) is 17.0 Å². The lowest BCUT2D eigenvalue weighted by Gasteiger charge is -2.12. The van der Waals surface area contributed by atoms with Crippen molar-refractivity contribution in [1.29, 1.82) is 0 Å². The summed E-state index contributed by atoms with van der Waals surface area (Å²) < 4.78 is 47.3. The molecule has 3 nitrogen and oxygen atoms in total. The van der Waals surface area contributed by atoms with Gasteiger partial charge in [0.05, 0.1) is 5.69 Å². The number of hydrogen-bond acceptors (Lipinski definition) is 4. The van der Waals surface area contributed by atoms with Crippen molar-refractivity contribution in [3.63, 3.8) is 0 Å². The van der Waals surface area contributed by atoms with Crippen LogP contribution in [0.2, 0.25) is 0 Å². The van der Waals surface area contributed by atoms with Gasteiger partial charge < -0.3 is 15.2 Å². The largest absolute Gasteiger partial charge is 0.455 e. The van der Waals surface area contributed by atoms with Gasteiger partial charge in [-0.3, -0.25) is 0 Å². The van der Waals surface area contributed by atoms with Gasteiger partial charge in [-0.1, -0.05) is 0 Å². The molecule has 0 saturated heterocycles. The van der Waals surface area contributed by atoms with Crippen LogP contribution in [0, 0.1) is 5.82 Å². The summed E-state index contributed by atoms with van der Waals surface area (Å²) >= 11 is 1.57. The van der Waals surface area contributed by atoms with E-state index < -0.39 is 18.2 Å². The van der Waals surface area contributed by atoms with Gasteiger partial charge in [0.15, 0.2) is 17.3 Å². The minimum absolute atomic E-state index is 0.0111. The fourth-order valence-electron chi connectivity index (χ4n) is 1.60. The Morgan fingerprint density at radius 1 is 1.10 bits per heavy atom. The number of ether oxygens (including phenoxy) is 2. The molecule has 0 amide bonds. The predicted octanol–water partition coefficient (Wildman–Crippen LogP) is 4.52. The molecule has 0 aliphatic rings. The third-order valence-electron chi connectivity index (χ3n) is 2.57. The van der Waals surface area contributed by atoms with Gasteiger partial charge in [0.2, 0.25) is 0 Å². The lowest BCUT2D eigenvalue weighted by Crippen LogP contribution is -2.05. The highest BCUT2D eigenvalue weighted by atomic mass is 32.2. The van der Waals surface area contributed by atoms with Gasteiger partial charge in [-0.05, 0) is 30.5 Å². The maximum atomic E-state index is 13.4. The van der Waals surface area contributed by atoms with Crippen molar-refractivity contribution in [2.45, 2.75) is 11.5 Å². The first kappa shape index (κ1) is 15.4. The summed E-state index contributed by atoms with van der Waals surface area (Å²) in [4.78, 5) is 1.04. The summed E-state index contributed by atoms with van der Waals surface area (Å²) in [6.45, 7) is -3.13. The highest BCUT2D eigenvalue weighted by Gasteiger charge is 2.14. The molecule has 0 radical (unpaired) electrons. The molecule has 0 unspecified atom stereocenters. The van der Waals surface area contributed by atoms with Crippen molar-refractivity contribution in [1.82, 2.24) is 0 Å². The molecule has 0 spiro atoms. The molecule has 0 fully saturated rings. The minimum Gasteiger partial charge on any atom is -0.455 e. The standard InChI is InChI=1S/C14H12F3NO2S/c1-21-9-4-2-8(3-5-9)19-13-7-12(20-14(16)17)10(15)6-11(13)18/h2-7,14H,18H2,1H3. The SMILES string of the molecule is CSc1ccc(Oc2cc(OC(F)F)c(F)cc2N)cc1. The number of rotatable bonds is 5. The minimum atomic E-state index is -3.13. The Morgan fingerprint density at radius 2 is 1.76 bits per heavy atom. The number of nitrogen functional groups attached to an aromatic ring is 1. The maximum absolute atomic E-state index is 13.4. The summed E-state index contributed by atoms with van der Waals surface area (Å²) in [7, 11) is 0. The van der Waals surface area contributed by atoms with E-state index in [1.165, 1.54) is 0 Å². The summed E-state index contributed by atoms with van der Waals surface area (Å²) in [6, 6.07) is 8.93. The quantitative estimate of drug-likeness (QED) is 0.650. The molecule has 2 N–H and O–H groups in total. The fourth-order valence-corrected chi connectivity index (χ4v) is 2.00. The molecule has 0 aliphatic heterocycles. The molecule has 0 atom stereocenters. The van der Waals surface area contributed by atoms with Crippen LogP contribution in [0.4, 0.5) is 18.9 Å². The Bertz CT molecular complexity index is 620. The van der Waals surface area contributed by atoms with Gasteiger partial charge in [0.1, 0.15) is 5.75 Å². The van der Waals surface area contributed by atoms with Crippen LogP contribution in [0.3, 0.4) is 0 Å². The van der Waals surface area contributed by atoms with Crippen LogP contribution in [0.25, 0.3) is 0 Å². The third-order valence-corrected chi connectivity index (χ3v) is 3.31. The molecule has 0 aromatic heterocycles. The van der Waals surface area contributed by atoms with Gasteiger partial charge in [-0.2, -0.15) is 8.78 Å². The van der Waals surface area contributed by atoms with Gasteiger partial charge in [0.25, 0.3) is 0 Å². The van der Waals surface area contributed by atoms with Crippen LogP contribution >= 0.6 is 11.8 Å². The van der Waals surface area contributed by atoms with Crippen molar-refractivity contribution in [3.05, 3.63) is 42.2 Å². The van der Waals surface area contributed by atoms with Crippen molar-refractivity contribution in [2.24, 2.45) is 0 Å². The number of nitrogens with two attached hydrogens (primary N) is 1. The topological polar surface area (TPSA) is 44.5 Å². The number of halogens is 3. The average Bonchev–Trinajstić information content (AvgIpc) is 2.44. The van der Waals surface area contributed by atoms with Crippen molar-refractivity contribution < 1.29 is 22.6 Å². The summed E-state index contributed by atoms with van der Waals surface area (Å²) in [5, 5.41) is 0. The summed E-state index contributed by atoms with van der Waals surface area (Å²) in [5.74, 6) is -1.09. The highest BCUT2D eigenvalue weighted by Crippen LogP contribution is 2.34. The van der Waals surface area contributed by atoms with Crippen LogP contribution < -0.4 is 15.2 Å². The number of thioether (sulfide) groups is 1. The summed E-state index contributed by atoms with van der Waals surface area (Å²) in [6.07, 6.45) is 1.93. The zero-order valence-electron chi connectivity index (χ0n) is 11.0. The molecule has 2 rings (SSSR count). The van der Waals surface area contributed by atoms with Crippen molar-refractivity contribution >= 4 is 17.4 Å². The second-order valence-corrected chi connectivity index (χ2v) is 4.86. The molecule has 0 aliphatic carbocycles. The number of benzene rings is 2. The zero-order chi connectivity index (χ0) is 15.4. The van der Waals surface area contributed by atoms with Crippen LogP contribution in [0.1, 0.15) is 0 Å². The predicted molar refractivity (Wildman–Crippen MR) is 75.7 cm³/mol. The second-order valence-electron chi connectivity index (χ2n) is 3.98. The molecule has 2 aromatic carbocycles. The molecule has 2 aromatic rings. The van der Waals surface area contributed by atoms with Crippen LogP contribution in [0.15, 0.2) is 41.3 Å². The Balaban J connectivity index is 2.25. The number of alkyl halides is 2. The van der Waals surface area contributed by atoms with Gasteiger partial charge in [0, 0.05) is 17.0 Å². The third kappa shape index (κ3) is 3.98. The number of anilines is 1. The van der Waals surface area contributed by atoms with E-state index in [0.29, 0.717) is 5.75 Å². The molecular weight excluding hydrogens is 303 g/mol. The average molecular weight is 315 g/mol. The Hall–Kier alpha value is -2.02. The molecular formula is C14H12F3NO2S. The van der Waals surface area contributed by atoms with E-state index in [2.05, 4.69) is 4.74 Å². The van der Waals surface area contributed by atoms with Gasteiger partial charge >= 0.3 is 6.61 Å². The smallest absolute Gasteiger partial charge is 0.387 e. The first-order chi connectivity index (χ1) is 9.99. The molecule has 112 valence electrons. The van der Waals surface area contributed by atoms with Crippen LogP contribution in [-0.2, 0) is 0 Å². The Labute approximate surface area is 123 Å². The first-order valence-corrected chi connectivity index (χ1v) is 7.08. The van der Waals surface area contributed by atoms with Crippen LogP contribution in [0.5, 0.6) is 17.2 Å². The number of hydrogen-bond donors (Lipinski definition) is 1. The van der Waals surface area contributed by atoms with E-state index in [9.17, 15) is 13.2 Å². The summed E-state index contributed by atoms with van der Waals surface area (Å²) in [5.41, 5.74) is 5.60. The highest BCUT2D eigenvalue weighted by molar-refractivity contribution is 7.98. The Morgan fingerprint density at radius 3 is 2.33 bits per heavy atom. The zero-order valence-corrected chi connectivity index (χ0v) is 11.8.